The number of aromatic nitrogens is 2. The molecule has 0 bridgehead atoms. The summed E-state index contributed by atoms with van der Waals surface area (Å²) in [6, 6.07) is 3.03. The molecule has 0 spiro atoms. The van der Waals surface area contributed by atoms with Gasteiger partial charge < -0.3 is 14.2 Å². The molecule has 1 saturated heterocycles. The Morgan fingerprint density at radius 3 is 2.71 bits per heavy atom. The summed E-state index contributed by atoms with van der Waals surface area (Å²) in [6.45, 7) is 1.42. The molecule has 2 aromatic rings. The van der Waals surface area contributed by atoms with Gasteiger partial charge in [-0.15, -0.1) is 0 Å². The topological polar surface area (TPSA) is 68.5 Å². The minimum atomic E-state index is -0.839. The van der Waals surface area contributed by atoms with E-state index in [2.05, 4.69) is 10.1 Å². The Hall–Kier alpha value is -2.35. The van der Waals surface area contributed by atoms with Gasteiger partial charge >= 0.3 is 0 Å². The molecular weight excluding hydrogens is 368 g/mol. The molecule has 28 heavy (non-hydrogen) atoms. The third-order valence-electron chi connectivity index (χ3n) is 5.80. The van der Waals surface area contributed by atoms with Gasteiger partial charge in [-0.2, -0.15) is 4.98 Å². The quantitative estimate of drug-likeness (QED) is 0.755. The number of ether oxygens (including phenoxy) is 1. The number of methoxy groups -OCH3 is 1. The van der Waals surface area contributed by atoms with Crippen molar-refractivity contribution in [3.05, 3.63) is 47.1 Å². The molecule has 1 amide bonds. The first-order valence-electron chi connectivity index (χ1n) is 9.60. The highest BCUT2D eigenvalue weighted by Crippen LogP contribution is 2.42. The number of benzene rings is 1. The summed E-state index contributed by atoms with van der Waals surface area (Å²) in [7, 11) is 1.65. The maximum atomic E-state index is 14.0. The normalized spacial score (nSPS) is 19.0. The Balaban J connectivity index is 1.50. The molecule has 2 aliphatic rings. The van der Waals surface area contributed by atoms with Crippen LogP contribution in [0, 0.1) is 11.6 Å². The van der Waals surface area contributed by atoms with E-state index < -0.39 is 17.5 Å². The highest BCUT2D eigenvalue weighted by molar-refractivity contribution is 5.94. The first-order chi connectivity index (χ1) is 13.5. The van der Waals surface area contributed by atoms with Crippen molar-refractivity contribution in [1.29, 1.82) is 0 Å². The van der Waals surface area contributed by atoms with Crippen molar-refractivity contribution in [2.45, 2.75) is 43.4 Å². The Bertz CT molecular complexity index is 858. The average molecular weight is 391 g/mol. The van der Waals surface area contributed by atoms with E-state index in [1.54, 1.807) is 12.0 Å². The number of halogens is 2. The average Bonchev–Trinajstić information content (AvgIpc) is 3.42. The van der Waals surface area contributed by atoms with Gasteiger partial charge in [0.1, 0.15) is 11.6 Å². The van der Waals surface area contributed by atoms with E-state index in [-0.39, 0.29) is 11.0 Å². The zero-order valence-electron chi connectivity index (χ0n) is 15.8. The third kappa shape index (κ3) is 3.65. The predicted molar refractivity (Wildman–Crippen MR) is 95.9 cm³/mol. The summed E-state index contributed by atoms with van der Waals surface area (Å²) in [5, 5.41) is 4.23. The van der Waals surface area contributed by atoms with Gasteiger partial charge in [0.15, 0.2) is 5.82 Å². The van der Waals surface area contributed by atoms with E-state index >= 15 is 0 Å². The molecule has 8 heteroatoms. The molecule has 4 rings (SSSR count). The van der Waals surface area contributed by atoms with Crippen molar-refractivity contribution < 1.29 is 22.8 Å². The van der Waals surface area contributed by atoms with Crippen LogP contribution in [0.3, 0.4) is 0 Å². The summed E-state index contributed by atoms with van der Waals surface area (Å²) in [6.07, 6.45) is 4.15. The predicted octanol–water partition coefficient (Wildman–Crippen LogP) is 3.44. The molecule has 0 radical (unpaired) electrons. The molecule has 1 aliphatic carbocycles. The van der Waals surface area contributed by atoms with Gasteiger partial charge in [0.25, 0.3) is 5.91 Å². The maximum Gasteiger partial charge on any atom is 0.256 e. The molecule has 2 heterocycles. The highest BCUT2D eigenvalue weighted by Gasteiger charge is 2.42. The van der Waals surface area contributed by atoms with Gasteiger partial charge in [0.2, 0.25) is 5.89 Å². The number of carbonyl (C=O) groups is 1. The summed E-state index contributed by atoms with van der Waals surface area (Å²) < 4.78 is 37.8. The fraction of sp³-hybridized carbons (Fsp3) is 0.550. The van der Waals surface area contributed by atoms with Crippen molar-refractivity contribution in [2.24, 2.45) is 0 Å². The summed E-state index contributed by atoms with van der Waals surface area (Å²) in [5.41, 5.74) is -0.438. The number of carbonyl (C=O) groups excluding carboxylic acids is 1. The van der Waals surface area contributed by atoms with E-state index in [1.807, 2.05) is 0 Å². The Kier molecular flexibility index (Phi) is 5.14. The van der Waals surface area contributed by atoms with Crippen LogP contribution in [-0.4, -0.2) is 47.8 Å². The van der Waals surface area contributed by atoms with Crippen LogP contribution < -0.4 is 0 Å². The molecule has 150 valence electrons. The molecule has 1 aromatic heterocycles. The Labute approximate surface area is 161 Å². The van der Waals surface area contributed by atoms with Crippen molar-refractivity contribution in [3.63, 3.8) is 0 Å². The molecule has 0 atom stereocenters. The van der Waals surface area contributed by atoms with Crippen LogP contribution in [-0.2, 0) is 10.2 Å². The number of amides is 1. The fourth-order valence-corrected chi connectivity index (χ4v) is 3.80. The molecule has 1 aromatic carbocycles. The van der Waals surface area contributed by atoms with E-state index in [1.165, 1.54) is 6.07 Å². The maximum absolute atomic E-state index is 14.0. The lowest BCUT2D eigenvalue weighted by Crippen LogP contribution is -2.46. The smallest absolute Gasteiger partial charge is 0.256 e. The summed E-state index contributed by atoms with van der Waals surface area (Å²) in [5.74, 6) is -0.220. The SMILES string of the molecule is COCCC1(c2noc(C3CC3)n2)CCN(C(=O)c2ccc(F)cc2F)CC1. The fourth-order valence-electron chi connectivity index (χ4n) is 3.80. The van der Waals surface area contributed by atoms with Gasteiger partial charge in [-0.1, -0.05) is 5.16 Å². The monoisotopic (exact) mass is 391 g/mol. The molecule has 6 nitrogen and oxygen atoms in total. The standard InChI is InChI=1S/C20H23F2N3O3/c1-27-11-8-20(19-23-17(28-24-19)13-2-3-13)6-9-25(10-7-20)18(26)15-5-4-14(21)12-16(15)22/h4-5,12-13H,2-3,6-11H2,1H3. The third-order valence-corrected chi connectivity index (χ3v) is 5.80. The minimum Gasteiger partial charge on any atom is -0.385 e. The molecule has 1 aliphatic heterocycles. The number of hydrogen-bond donors (Lipinski definition) is 0. The van der Waals surface area contributed by atoms with Crippen molar-refractivity contribution >= 4 is 5.91 Å². The van der Waals surface area contributed by atoms with Crippen LogP contribution >= 0.6 is 0 Å². The molecule has 0 N–H and O–H groups in total. The van der Waals surface area contributed by atoms with Crippen molar-refractivity contribution in [1.82, 2.24) is 15.0 Å². The van der Waals surface area contributed by atoms with Gasteiger partial charge in [-0.05, 0) is 44.2 Å². The zero-order chi connectivity index (χ0) is 19.7. The van der Waals surface area contributed by atoms with E-state index in [0.29, 0.717) is 50.2 Å². The minimum absolute atomic E-state index is 0.110. The highest BCUT2D eigenvalue weighted by atomic mass is 19.1. The van der Waals surface area contributed by atoms with Crippen LogP contribution in [0.15, 0.2) is 22.7 Å². The van der Waals surface area contributed by atoms with E-state index in [0.717, 1.165) is 31.4 Å². The number of hydrogen-bond acceptors (Lipinski definition) is 5. The van der Waals surface area contributed by atoms with Gasteiger partial charge in [0.05, 0.1) is 5.56 Å². The number of nitrogens with zero attached hydrogens (tertiary/aromatic N) is 3. The number of likely N-dealkylation sites (tertiary alicyclic amines) is 1. The zero-order valence-corrected chi connectivity index (χ0v) is 15.8. The Morgan fingerprint density at radius 1 is 1.32 bits per heavy atom. The number of piperidine rings is 1. The van der Waals surface area contributed by atoms with Gasteiger partial charge in [-0.3, -0.25) is 4.79 Å². The largest absolute Gasteiger partial charge is 0.385 e. The number of rotatable bonds is 6. The van der Waals surface area contributed by atoms with Crippen LogP contribution in [0.25, 0.3) is 0 Å². The van der Waals surface area contributed by atoms with Crippen LogP contribution in [0.1, 0.15) is 60.1 Å². The molecule has 2 fully saturated rings. The second-order valence-corrected chi connectivity index (χ2v) is 7.67. The van der Waals surface area contributed by atoms with Crippen molar-refractivity contribution in [2.75, 3.05) is 26.8 Å². The summed E-state index contributed by atoms with van der Waals surface area (Å²) >= 11 is 0. The van der Waals surface area contributed by atoms with E-state index in [4.69, 9.17) is 9.26 Å². The van der Waals surface area contributed by atoms with Crippen molar-refractivity contribution in [3.8, 4) is 0 Å². The molecular formula is C20H23F2N3O3. The Morgan fingerprint density at radius 2 is 2.07 bits per heavy atom. The molecule has 1 saturated carbocycles. The lowest BCUT2D eigenvalue weighted by Gasteiger charge is -2.39. The second kappa shape index (κ2) is 7.58. The summed E-state index contributed by atoms with van der Waals surface area (Å²) in [4.78, 5) is 18.9. The first kappa shape index (κ1) is 19.0. The van der Waals surface area contributed by atoms with Gasteiger partial charge in [0, 0.05) is 44.2 Å². The van der Waals surface area contributed by atoms with Crippen LogP contribution in [0.5, 0.6) is 0 Å². The van der Waals surface area contributed by atoms with Crippen LogP contribution in [0.4, 0.5) is 8.78 Å². The molecule has 0 unspecified atom stereocenters. The van der Waals surface area contributed by atoms with E-state index in [9.17, 15) is 13.6 Å². The first-order valence-corrected chi connectivity index (χ1v) is 9.60. The van der Waals surface area contributed by atoms with Gasteiger partial charge in [-0.25, -0.2) is 8.78 Å². The lowest BCUT2D eigenvalue weighted by molar-refractivity contribution is 0.0612. The van der Waals surface area contributed by atoms with Crippen LogP contribution in [0.2, 0.25) is 0 Å². The lowest BCUT2D eigenvalue weighted by atomic mass is 9.75. The second-order valence-electron chi connectivity index (χ2n) is 7.67.